The summed E-state index contributed by atoms with van der Waals surface area (Å²) in [7, 11) is 0. The van der Waals surface area contributed by atoms with Crippen LogP contribution >= 0.6 is 22.7 Å². The molecule has 4 aromatic heterocycles. The predicted octanol–water partition coefficient (Wildman–Crippen LogP) is 13.4. The van der Waals surface area contributed by atoms with Crippen LogP contribution in [0.3, 0.4) is 0 Å². The number of fused-ring (bicyclic) bond motifs is 8. The second-order valence-electron chi connectivity index (χ2n) is 13.3. The molecule has 0 saturated carbocycles. The Morgan fingerprint density at radius 2 is 1.18 bits per heavy atom. The van der Waals surface area contributed by atoms with E-state index in [9.17, 15) is 0 Å². The third kappa shape index (κ3) is 3.77. The summed E-state index contributed by atoms with van der Waals surface area (Å²) in [6.07, 6.45) is 0. The van der Waals surface area contributed by atoms with Gasteiger partial charge in [-0.3, -0.25) is 4.57 Å². The van der Waals surface area contributed by atoms with Crippen molar-refractivity contribution >= 4 is 106 Å². The molecule has 8 aromatic carbocycles. The van der Waals surface area contributed by atoms with Gasteiger partial charge in [0, 0.05) is 67.5 Å². The van der Waals surface area contributed by atoms with Gasteiger partial charge in [0.2, 0.25) is 5.95 Å². The highest BCUT2D eigenvalue weighted by Crippen LogP contribution is 2.48. The highest BCUT2D eigenvalue weighted by Gasteiger charge is 2.23. The van der Waals surface area contributed by atoms with Crippen molar-refractivity contribution in [2.45, 2.75) is 0 Å². The summed E-state index contributed by atoms with van der Waals surface area (Å²) in [5, 5.41) is 11.2. The largest absolute Gasteiger partial charge is 0.277 e. The first-order valence-electron chi connectivity index (χ1n) is 17.2. The molecule has 0 spiro atoms. The van der Waals surface area contributed by atoms with Gasteiger partial charge in [-0.05, 0) is 46.8 Å². The number of nitrogens with zero attached hydrogens (tertiary/aromatic N) is 3. The summed E-state index contributed by atoms with van der Waals surface area (Å²) in [5.74, 6) is 0.687. The van der Waals surface area contributed by atoms with E-state index in [0.29, 0.717) is 5.95 Å². The molecule has 0 N–H and O–H groups in total. The second kappa shape index (κ2) is 10.2. The fraction of sp³-hybridized carbons (Fsp3) is 0. The maximum absolute atomic E-state index is 5.55. The van der Waals surface area contributed by atoms with Gasteiger partial charge in [0.25, 0.3) is 0 Å². The van der Waals surface area contributed by atoms with Gasteiger partial charge in [0.15, 0.2) is 0 Å². The van der Waals surface area contributed by atoms with Crippen LogP contribution in [0.1, 0.15) is 0 Å². The van der Waals surface area contributed by atoms with Gasteiger partial charge < -0.3 is 0 Å². The predicted molar refractivity (Wildman–Crippen MR) is 219 cm³/mol. The smallest absolute Gasteiger partial charge is 0.235 e. The fourth-order valence-electron chi connectivity index (χ4n) is 8.41. The Hall–Kier alpha value is -6.14. The van der Waals surface area contributed by atoms with Gasteiger partial charge >= 0.3 is 0 Å². The molecule has 0 bridgehead atoms. The normalized spacial score (nSPS) is 12.3. The summed E-state index contributed by atoms with van der Waals surface area (Å²) in [4.78, 5) is 10.9. The van der Waals surface area contributed by atoms with E-state index in [1.165, 1.54) is 73.0 Å². The molecule has 0 aliphatic rings. The van der Waals surface area contributed by atoms with Crippen LogP contribution in [0.4, 0.5) is 0 Å². The Bertz CT molecular complexity index is 3370. The Balaban J connectivity index is 1.21. The first kappa shape index (κ1) is 27.7. The molecule has 5 heteroatoms. The van der Waals surface area contributed by atoms with E-state index in [-0.39, 0.29) is 0 Å². The monoisotopic (exact) mass is 683 g/mol. The molecule has 51 heavy (non-hydrogen) atoms. The van der Waals surface area contributed by atoms with E-state index >= 15 is 0 Å². The Labute approximate surface area is 299 Å². The van der Waals surface area contributed by atoms with E-state index in [4.69, 9.17) is 9.97 Å². The van der Waals surface area contributed by atoms with Crippen molar-refractivity contribution in [1.82, 2.24) is 14.5 Å². The molecule has 4 heterocycles. The van der Waals surface area contributed by atoms with Crippen molar-refractivity contribution in [1.29, 1.82) is 0 Å². The molecule has 3 nitrogen and oxygen atoms in total. The van der Waals surface area contributed by atoms with Crippen molar-refractivity contribution in [3.63, 3.8) is 0 Å². The molecule has 0 amide bonds. The highest BCUT2D eigenvalue weighted by molar-refractivity contribution is 7.26. The molecule has 0 saturated heterocycles. The molecule has 0 aliphatic heterocycles. The highest BCUT2D eigenvalue weighted by atomic mass is 32.1. The third-order valence-corrected chi connectivity index (χ3v) is 12.9. The lowest BCUT2D eigenvalue weighted by atomic mass is 9.94. The number of benzene rings is 8. The molecule has 236 valence electrons. The number of hydrogen-bond donors (Lipinski definition) is 0. The van der Waals surface area contributed by atoms with E-state index < -0.39 is 0 Å². The van der Waals surface area contributed by atoms with Crippen LogP contribution in [-0.4, -0.2) is 14.5 Å². The van der Waals surface area contributed by atoms with Crippen LogP contribution in [0.15, 0.2) is 152 Å². The van der Waals surface area contributed by atoms with Crippen LogP contribution in [0, 0.1) is 0 Å². The Morgan fingerprint density at radius 3 is 2.10 bits per heavy atom. The fourth-order valence-corrected chi connectivity index (χ4v) is 10.8. The zero-order chi connectivity index (χ0) is 33.2. The van der Waals surface area contributed by atoms with Crippen molar-refractivity contribution in [2.24, 2.45) is 0 Å². The maximum atomic E-state index is 5.55. The minimum Gasteiger partial charge on any atom is -0.277 e. The summed E-state index contributed by atoms with van der Waals surface area (Å²) < 4.78 is 7.48. The van der Waals surface area contributed by atoms with Gasteiger partial charge in [-0.15, -0.1) is 22.7 Å². The molecule has 0 radical (unpaired) electrons. The lowest BCUT2D eigenvalue weighted by Crippen LogP contribution is -2.03. The number of para-hydroxylation sites is 2. The van der Waals surface area contributed by atoms with Gasteiger partial charge in [0.05, 0.1) is 22.2 Å². The second-order valence-corrected chi connectivity index (χ2v) is 15.4. The van der Waals surface area contributed by atoms with Crippen LogP contribution in [-0.2, 0) is 0 Å². The topological polar surface area (TPSA) is 30.7 Å². The average Bonchev–Trinajstić information content (AvgIpc) is 3.87. The maximum Gasteiger partial charge on any atom is 0.235 e. The number of hydrogen-bond acceptors (Lipinski definition) is 4. The zero-order valence-corrected chi connectivity index (χ0v) is 28.7. The quantitative estimate of drug-likeness (QED) is 0.174. The molecule has 12 aromatic rings. The standard InChI is InChI=1S/C46H25N3S2/c1-2-11-26(12-3-1)27-23-24-39-41-30(27)21-22-33-42(41)40(50-39)25-35-28-13-5-8-19-37(28)49(44(33)35)46-47-36-18-7-4-15-32(36)43(48-46)34-17-10-16-31-29-14-6-9-20-38(29)51-45(31)34/h1-25H. The zero-order valence-electron chi connectivity index (χ0n) is 27.1. The van der Waals surface area contributed by atoms with Crippen LogP contribution in [0.5, 0.6) is 0 Å². The van der Waals surface area contributed by atoms with Gasteiger partial charge in [0.1, 0.15) is 0 Å². The van der Waals surface area contributed by atoms with Crippen molar-refractivity contribution < 1.29 is 0 Å². The lowest BCUT2D eigenvalue weighted by molar-refractivity contribution is 1.02. The van der Waals surface area contributed by atoms with E-state index in [1.54, 1.807) is 0 Å². The Kier molecular flexibility index (Phi) is 5.53. The first-order valence-corrected chi connectivity index (χ1v) is 18.8. The molecular formula is C46H25N3S2. The molecular weight excluding hydrogens is 659 g/mol. The number of rotatable bonds is 3. The molecule has 0 atom stereocenters. The molecule has 0 fully saturated rings. The van der Waals surface area contributed by atoms with Crippen LogP contribution in [0.25, 0.3) is 112 Å². The minimum atomic E-state index is 0.687. The molecule has 0 unspecified atom stereocenters. The first-order chi connectivity index (χ1) is 25.3. The SMILES string of the molecule is c1ccc(-c2ccc3sc4cc5c6ccccc6n(-c6nc(-c7cccc8c7sc7ccccc78)c7ccccc7n6)c5c5ccc2c3c45)cc1. The van der Waals surface area contributed by atoms with Crippen molar-refractivity contribution in [2.75, 3.05) is 0 Å². The van der Waals surface area contributed by atoms with Crippen LogP contribution in [0.2, 0.25) is 0 Å². The minimum absolute atomic E-state index is 0.687. The van der Waals surface area contributed by atoms with E-state index in [2.05, 4.69) is 156 Å². The van der Waals surface area contributed by atoms with Crippen LogP contribution < -0.4 is 0 Å². The van der Waals surface area contributed by atoms with Gasteiger partial charge in [-0.1, -0.05) is 121 Å². The Morgan fingerprint density at radius 1 is 0.431 bits per heavy atom. The van der Waals surface area contributed by atoms with Crippen molar-refractivity contribution in [3.05, 3.63) is 152 Å². The molecule has 12 rings (SSSR count). The number of thiophene rings is 2. The molecule has 0 aliphatic carbocycles. The van der Waals surface area contributed by atoms with Crippen molar-refractivity contribution in [3.8, 4) is 28.3 Å². The third-order valence-electron chi connectivity index (χ3n) is 10.6. The lowest BCUT2D eigenvalue weighted by Gasteiger charge is -2.14. The summed E-state index contributed by atoms with van der Waals surface area (Å²) in [6, 6.07) is 54.9. The van der Waals surface area contributed by atoms with Gasteiger partial charge in [-0.2, -0.15) is 0 Å². The summed E-state index contributed by atoms with van der Waals surface area (Å²) in [6.45, 7) is 0. The summed E-state index contributed by atoms with van der Waals surface area (Å²) >= 11 is 3.73. The van der Waals surface area contributed by atoms with E-state index in [1.807, 2.05) is 22.7 Å². The average molecular weight is 684 g/mol. The van der Waals surface area contributed by atoms with Gasteiger partial charge in [-0.25, -0.2) is 9.97 Å². The number of aromatic nitrogens is 3. The summed E-state index contributed by atoms with van der Waals surface area (Å²) in [5.41, 5.74) is 7.79. The van der Waals surface area contributed by atoms with E-state index in [0.717, 1.165) is 33.2 Å².